The lowest BCUT2D eigenvalue weighted by Gasteiger charge is -2.31. The van der Waals surface area contributed by atoms with E-state index in [1.807, 2.05) is 0 Å². The van der Waals surface area contributed by atoms with Gasteiger partial charge in [-0.25, -0.2) is 0 Å². The molecule has 0 unspecified atom stereocenters. The summed E-state index contributed by atoms with van der Waals surface area (Å²) < 4.78 is 0. The Bertz CT molecular complexity index is 200. The molecule has 1 N–H and O–H groups in total. The third-order valence-electron chi connectivity index (χ3n) is 3.51. The van der Waals surface area contributed by atoms with Gasteiger partial charge in [-0.3, -0.25) is 4.79 Å². The van der Waals surface area contributed by atoms with Gasteiger partial charge < -0.3 is 10.2 Å². The molecule has 0 aliphatic heterocycles. The van der Waals surface area contributed by atoms with Gasteiger partial charge in [0.15, 0.2) is 0 Å². The van der Waals surface area contributed by atoms with E-state index >= 15 is 0 Å². The average molecular weight is 226 g/mol. The molecule has 3 heteroatoms. The average Bonchev–Trinajstić information content (AvgIpc) is 2.29. The molecule has 1 aliphatic rings. The van der Waals surface area contributed by atoms with Crippen molar-refractivity contribution < 1.29 is 4.79 Å². The Labute approximate surface area is 99.6 Å². The first-order valence-electron chi connectivity index (χ1n) is 6.65. The van der Waals surface area contributed by atoms with Crippen LogP contribution in [0.25, 0.3) is 0 Å². The van der Waals surface area contributed by atoms with Crippen molar-refractivity contribution in [2.45, 2.75) is 57.9 Å². The number of nitrogens with one attached hydrogen (secondary N) is 1. The lowest BCUT2D eigenvalue weighted by molar-refractivity contribution is -0.118. The van der Waals surface area contributed by atoms with Crippen molar-refractivity contribution in [1.29, 1.82) is 0 Å². The Hall–Kier alpha value is -0.570. The van der Waals surface area contributed by atoms with Gasteiger partial charge in [0.05, 0.1) is 0 Å². The second-order valence-electron chi connectivity index (χ2n) is 4.96. The molecular weight excluding hydrogens is 200 g/mol. The summed E-state index contributed by atoms with van der Waals surface area (Å²) in [5.74, 6) is 0.0839. The predicted octanol–water partition coefficient (Wildman–Crippen LogP) is 2.17. The summed E-state index contributed by atoms with van der Waals surface area (Å²) in [7, 11) is 2.24. The normalized spacial score (nSPS) is 17.7. The van der Waals surface area contributed by atoms with Crippen molar-refractivity contribution in [3.63, 3.8) is 0 Å². The van der Waals surface area contributed by atoms with E-state index in [-0.39, 0.29) is 5.91 Å². The molecule has 0 bridgehead atoms. The number of amides is 1. The first-order valence-corrected chi connectivity index (χ1v) is 6.65. The molecule has 0 atom stereocenters. The first kappa shape index (κ1) is 13.5. The Morgan fingerprint density at radius 2 is 1.94 bits per heavy atom. The Balaban J connectivity index is 2.00. The van der Waals surface area contributed by atoms with Crippen LogP contribution in [-0.2, 0) is 4.79 Å². The van der Waals surface area contributed by atoms with Gasteiger partial charge in [-0.05, 0) is 39.3 Å². The van der Waals surface area contributed by atoms with E-state index in [4.69, 9.17) is 0 Å². The van der Waals surface area contributed by atoms with Crippen LogP contribution in [-0.4, -0.2) is 37.0 Å². The zero-order valence-corrected chi connectivity index (χ0v) is 10.8. The molecule has 0 radical (unpaired) electrons. The Kier molecular flexibility index (Phi) is 6.46. The molecular formula is C13H26N2O. The van der Waals surface area contributed by atoms with E-state index in [0.717, 1.165) is 19.0 Å². The minimum Gasteiger partial charge on any atom is -0.356 e. The highest BCUT2D eigenvalue weighted by atomic mass is 16.1. The van der Waals surface area contributed by atoms with Crippen LogP contribution in [0.2, 0.25) is 0 Å². The Morgan fingerprint density at radius 1 is 1.25 bits per heavy atom. The molecule has 1 amide bonds. The maximum Gasteiger partial charge on any atom is 0.216 e. The molecule has 16 heavy (non-hydrogen) atoms. The van der Waals surface area contributed by atoms with Gasteiger partial charge in [-0.2, -0.15) is 0 Å². The molecule has 1 aliphatic carbocycles. The molecule has 94 valence electrons. The number of nitrogens with zero attached hydrogens (tertiary/aromatic N) is 1. The SMILES string of the molecule is CC(=O)NCCCCN(C)C1CCCCC1. The maximum absolute atomic E-state index is 10.7. The summed E-state index contributed by atoms with van der Waals surface area (Å²) in [6, 6.07) is 0.814. The standard InChI is InChI=1S/C13H26N2O/c1-12(16)14-10-6-7-11-15(2)13-8-4-3-5-9-13/h13H,3-11H2,1-2H3,(H,14,16). The highest BCUT2D eigenvalue weighted by Gasteiger charge is 2.16. The molecule has 0 saturated heterocycles. The van der Waals surface area contributed by atoms with Gasteiger partial charge in [0.2, 0.25) is 5.91 Å². The van der Waals surface area contributed by atoms with Crippen LogP contribution in [0.4, 0.5) is 0 Å². The molecule has 0 heterocycles. The van der Waals surface area contributed by atoms with Gasteiger partial charge in [0, 0.05) is 19.5 Å². The number of carbonyl (C=O) groups is 1. The van der Waals surface area contributed by atoms with Gasteiger partial charge in [0.25, 0.3) is 0 Å². The molecule has 0 aromatic heterocycles. The van der Waals surface area contributed by atoms with Crippen molar-refractivity contribution in [2.24, 2.45) is 0 Å². The van der Waals surface area contributed by atoms with E-state index in [9.17, 15) is 4.79 Å². The van der Waals surface area contributed by atoms with Crippen molar-refractivity contribution in [2.75, 3.05) is 20.1 Å². The molecule has 1 rings (SSSR count). The van der Waals surface area contributed by atoms with Crippen LogP contribution in [0.15, 0.2) is 0 Å². The van der Waals surface area contributed by atoms with Crippen LogP contribution < -0.4 is 5.32 Å². The van der Waals surface area contributed by atoms with Crippen LogP contribution in [0.5, 0.6) is 0 Å². The van der Waals surface area contributed by atoms with Gasteiger partial charge in [0.1, 0.15) is 0 Å². The highest BCUT2D eigenvalue weighted by molar-refractivity contribution is 5.72. The number of rotatable bonds is 6. The van der Waals surface area contributed by atoms with E-state index in [1.165, 1.54) is 45.1 Å². The second-order valence-corrected chi connectivity index (χ2v) is 4.96. The maximum atomic E-state index is 10.7. The van der Waals surface area contributed by atoms with Crippen molar-refractivity contribution in [3.05, 3.63) is 0 Å². The third kappa shape index (κ3) is 5.50. The van der Waals surface area contributed by atoms with Crippen molar-refractivity contribution in [1.82, 2.24) is 10.2 Å². The van der Waals surface area contributed by atoms with Gasteiger partial charge in [-0.1, -0.05) is 19.3 Å². The van der Waals surface area contributed by atoms with Crippen LogP contribution in [0.1, 0.15) is 51.9 Å². The quantitative estimate of drug-likeness (QED) is 0.704. The van der Waals surface area contributed by atoms with Gasteiger partial charge >= 0.3 is 0 Å². The monoisotopic (exact) mass is 226 g/mol. The van der Waals surface area contributed by atoms with Crippen LogP contribution in [0, 0.1) is 0 Å². The first-order chi connectivity index (χ1) is 7.70. The fourth-order valence-electron chi connectivity index (χ4n) is 2.46. The van der Waals surface area contributed by atoms with Crippen LogP contribution in [0.3, 0.4) is 0 Å². The van der Waals surface area contributed by atoms with E-state index in [2.05, 4.69) is 17.3 Å². The molecule has 0 spiro atoms. The minimum atomic E-state index is 0.0839. The predicted molar refractivity (Wildman–Crippen MR) is 67.4 cm³/mol. The van der Waals surface area contributed by atoms with E-state index in [1.54, 1.807) is 6.92 Å². The molecule has 1 saturated carbocycles. The summed E-state index contributed by atoms with van der Waals surface area (Å²) in [5.41, 5.74) is 0. The lowest BCUT2D eigenvalue weighted by Crippen LogP contribution is -2.34. The topological polar surface area (TPSA) is 32.3 Å². The number of unbranched alkanes of at least 4 members (excludes halogenated alkanes) is 1. The summed E-state index contributed by atoms with van der Waals surface area (Å²) in [4.78, 5) is 13.2. The second kappa shape index (κ2) is 7.66. The largest absolute Gasteiger partial charge is 0.356 e. The fourth-order valence-corrected chi connectivity index (χ4v) is 2.46. The molecule has 0 aromatic rings. The van der Waals surface area contributed by atoms with Gasteiger partial charge in [-0.15, -0.1) is 0 Å². The van der Waals surface area contributed by atoms with Crippen molar-refractivity contribution in [3.8, 4) is 0 Å². The summed E-state index contributed by atoms with van der Waals surface area (Å²) in [5, 5.41) is 2.84. The van der Waals surface area contributed by atoms with Crippen molar-refractivity contribution >= 4 is 5.91 Å². The fraction of sp³-hybridized carbons (Fsp3) is 0.923. The summed E-state index contributed by atoms with van der Waals surface area (Å²) in [6.07, 6.45) is 9.27. The molecule has 1 fully saturated rings. The number of carbonyl (C=O) groups excluding carboxylic acids is 1. The highest BCUT2D eigenvalue weighted by Crippen LogP contribution is 2.21. The number of hydrogen-bond acceptors (Lipinski definition) is 2. The zero-order chi connectivity index (χ0) is 11.8. The lowest BCUT2D eigenvalue weighted by atomic mass is 9.94. The van der Waals surface area contributed by atoms with E-state index in [0.29, 0.717) is 0 Å². The van der Waals surface area contributed by atoms with Crippen LogP contribution >= 0.6 is 0 Å². The van der Waals surface area contributed by atoms with E-state index < -0.39 is 0 Å². The summed E-state index contributed by atoms with van der Waals surface area (Å²) >= 11 is 0. The molecule has 3 nitrogen and oxygen atoms in total. The minimum absolute atomic E-state index is 0.0839. The summed E-state index contributed by atoms with van der Waals surface area (Å²) in [6.45, 7) is 3.58. The number of hydrogen-bond donors (Lipinski definition) is 1. The third-order valence-corrected chi connectivity index (χ3v) is 3.51. The smallest absolute Gasteiger partial charge is 0.216 e. The molecule has 0 aromatic carbocycles. The Morgan fingerprint density at radius 3 is 2.56 bits per heavy atom. The zero-order valence-electron chi connectivity index (χ0n) is 10.8.